The number of ether oxygens (including phenoxy) is 1. The highest BCUT2D eigenvalue weighted by molar-refractivity contribution is 6.30. The first-order chi connectivity index (χ1) is 9.76. The summed E-state index contributed by atoms with van der Waals surface area (Å²) in [6.45, 7) is 0. The number of halogens is 1. The van der Waals surface area contributed by atoms with Crippen LogP contribution in [0.2, 0.25) is 5.02 Å². The molecule has 3 rings (SSSR count). The normalized spacial score (nSPS) is 10.5. The minimum atomic E-state index is 0.718. The highest BCUT2D eigenvalue weighted by Gasteiger charge is 2.07. The van der Waals surface area contributed by atoms with Crippen LogP contribution in [0.25, 0.3) is 22.6 Å². The number of benzene rings is 2. The summed E-state index contributed by atoms with van der Waals surface area (Å²) in [7, 11) is 1.65. The lowest BCUT2D eigenvalue weighted by atomic mass is 10.1. The van der Waals surface area contributed by atoms with Gasteiger partial charge in [0.25, 0.3) is 0 Å². The van der Waals surface area contributed by atoms with Crippen molar-refractivity contribution in [3.05, 3.63) is 65.7 Å². The van der Waals surface area contributed by atoms with E-state index in [1.807, 2.05) is 60.7 Å². The second kappa shape index (κ2) is 5.43. The Labute approximate surface area is 122 Å². The van der Waals surface area contributed by atoms with Crippen molar-refractivity contribution in [3.8, 4) is 28.4 Å². The van der Waals surface area contributed by atoms with E-state index in [4.69, 9.17) is 20.8 Å². The predicted octanol–water partition coefficient (Wildman–Crippen LogP) is 5.28. The number of hydrogen-bond acceptors (Lipinski definition) is 2. The summed E-state index contributed by atoms with van der Waals surface area (Å²) in [6.07, 6.45) is 0. The highest BCUT2D eigenvalue weighted by Crippen LogP contribution is 2.29. The van der Waals surface area contributed by atoms with Gasteiger partial charge < -0.3 is 9.15 Å². The average molecular weight is 285 g/mol. The molecular weight excluding hydrogens is 272 g/mol. The summed E-state index contributed by atoms with van der Waals surface area (Å²) in [5, 5.41) is 0.718. The maximum Gasteiger partial charge on any atom is 0.134 e. The monoisotopic (exact) mass is 284 g/mol. The van der Waals surface area contributed by atoms with Gasteiger partial charge in [0.05, 0.1) is 7.11 Å². The van der Waals surface area contributed by atoms with Crippen molar-refractivity contribution < 1.29 is 9.15 Å². The van der Waals surface area contributed by atoms with Gasteiger partial charge in [-0.25, -0.2) is 0 Å². The van der Waals surface area contributed by atoms with E-state index in [-0.39, 0.29) is 0 Å². The van der Waals surface area contributed by atoms with Gasteiger partial charge in [-0.05, 0) is 60.7 Å². The Morgan fingerprint density at radius 1 is 0.750 bits per heavy atom. The lowest BCUT2D eigenvalue weighted by Gasteiger charge is -2.01. The van der Waals surface area contributed by atoms with Gasteiger partial charge in [-0.15, -0.1) is 0 Å². The molecule has 3 aromatic rings. The fourth-order valence-electron chi connectivity index (χ4n) is 2.02. The summed E-state index contributed by atoms with van der Waals surface area (Å²) < 4.78 is 11.0. The van der Waals surface area contributed by atoms with Crippen LogP contribution < -0.4 is 4.74 Å². The van der Waals surface area contributed by atoms with Crippen LogP contribution in [0.3, 0.4) is 0 Å². The van der Waals surface area contributed by atoms with Crippen molar-refractivity contribution in [1.29, 1.82) is 0 Å². The molecule has 0 amide bonds. The molecular formula is C17H13ClO2. The van der Waals surface area contributed by atoms with Crippen LogP contribution in [0.1, 0.15) is 0 Å². The third-order valence-corrected chi connectivity index (χ3v) is 3.36. The molecule has 0 spiro atoms. The molecule has 2 nitrogen and oxygen atoms in total. The molecule has 1 heterocycles. The molecule has 0 fully saturated rings. The Balaban J connectivity index is 1.91. The smallest absolute Gasteiger partial charge is 0.134 e. The summed E-state index contributed by atoms with van der Waals surface area (Å²) >= 11 is 5.89. The summed E-state index contributed by atoms with van der Waals surface area (Å²) in [6, 6.07) is 19.3. The van der Waals surface area contributed by atoms with Crippen molar-refractivity contribution in [3.63, 3.8) is 0 Å². The number of methoxy groups -OCH3 is 1. The molecule has 0 saturated carbocycles. The summed E-state index contributed by atoms with van der Waals surface area (Å²) in [5.41, 5.74) is 2.03. The van der Waals surface area contributed by atoms with Crippen LogP contribution in [0.5, 0.6) is 5.75 Å². The van der Waals surface area contributed by atoms with E-state index < -0.39 is 0 Å². The van der Waals surface area contributed by atoms with E-state index in [1.165, 1.54) is 0 Å². The fourth-order valence-corrected chi connectivity index (χ4v) is 2.14. The SMILES string of the molecule is COc1ccc(-c2ccc(-c3ccc(Cl)cc3)o2)cc1. The van der Waals surface area contributed by atoms with E-state index >= 15 is 0 Å². The first-order valence-corrected chi connectivity index (χ1v) is 6.64. The van der Waals surface area contributed by atoms with Gasteiger partial charge in [-0.3, -0.25) is 0 Å². The second-order valence-corrected chi connectivity index (χ2v) is 4.84. The molecule has 0 aliphatic heterocycles. The van der Waals surface area contributed by atoms with Gasteiger partial charge in [0, 0.05) is 16.1 Å². The first kappa shape index (κ1) is 12.8. The third kappa shape index (κ3) is 2.56. The van der Waals surface area contributed by atoms with Gasteiger partial charge in [0.15, 0.2) is 0 Å². The zero-order valence-corrected chi connectivity index (χ0v) is 11.7. The molecule has 1 aromatic heterocycles. The van der Waals surface area contributed by atoms with E-state index in [2.05, 4.69) is 0 Å². The number of rotatable bonds is 3. The molecule has 0 bridgehead atoms. The molecule has 0 unspecified atom stereocenters. The maximum absolute atomic E-state index is 5.89. The van der Waals surface area contributed by atoms with Crippen molar-refractivity contribution in [2.45, 2.75) is 0 Å². The van der Waals surface area contributed by atoms with Gasteiger partial charge in [0.1, 0.15) is 17.3 Å². The molecule has 0 N–H and O–H groups in total. The Bertz CT molecular complexity index is 697. The van der Waals surface area contributed by atoms with Crippen LogP contribution >= 0.6 is 11.6 Å². The van der Waals surface area contributed by atoms with E-state index in [1.54, 1.807) is 7.11 Å². The zero-order valence-electron chi connectivity index (χ0n) is 11.0. The van der Waals surface area contributed by atoms with Gasteiger partial charge in [-0.1, -0.05) is 11.6 Å². The lowest BCUT2D eigenvalue weighted by molar-refractivity contribution is 0.415. The van der Waals surface area contributed by atoms with Crippen molar-refractivity contribution >= 4 is 11.6 Å². The molecule has 20 heavy (non-hydrogen) atoms. The average Bonchev–Trinajstić information content (AvgIpc) is 2.98. The zero-order chi connectivity index (χ0) is 13.9. The third-order valence-electron chi connectivity index (χ3n) is 3.11. The lowest BCUT2D eigenvalue weighted by Crippen LogP contribution is -1.81. The predicted molar refractivity (Wildman–Crippen MR) is 81.1 cm³/mol. The van der Waals surface area contributed by atoms with Crippen molar-refractivity contribution in [1.82, 2.24) is 0 Å². The molecule has 100 valence electrons. The van der Waals surface area contributed by atoms with E-state index in [0.29, 0.717) is 0 Å². The van der Waals surface area contributed by atoms with E-state index in [0.717, 1.165) is 33.4 Å². The summed E-state index contributed by atoms with van der Waals surface area (Å²) in [4.78, 5) is 0. The Morgan fingerprint density at radius 2 is 1.25 bits per heavy atom. The fraction of sp³-hybridized carbons (Fsp3) is 0.0588. The molecule has 3 heteroatoms. The topological polar surface area (TPSA) is 22.4 Å². The number of hydrogen-bond donors (Lipinski definition) is 0. The Kier molecular flexibility index (Phi) is 3.48. The maximum atomic E-state index is 5.89. The molecule has 0 saturated heterocycles. The highest BCUT2D eigenvalue weighted by atomic mass is 35.5. The van der Waals surface area contributed by atoms with Crippen molar-refractivity contribution in [2.75, 3.05) is 7.11 Å². The van der Waals surface area contributed by atoms with Gasteiger partial charge in [-0.2, -0.15) is 0 Å². The quantitative estimate of drug-likeness (QED) is 0.653. The van der Waals surface area contributed by atoms with Crippen LogP contribution in [0.4, 0.5) is 0 Å². The molecule has 0 aliphatic carbocycles. The molecule has 0 atom stereocenters. The Hall–Kier alpha value is -2.19. The largest absolute Gasteiger partial charge is 0.497 e. The van der Waals surface area contributed by atoms with Gasteiger partial charge >= 0.3 is 0 Å². The van der Waals surface area contributed by atoms with Crippen LogP contribution in [-0.4, -0.2) is 7.11 Å². The second-order valence-electron chi connectivity index (χ2n) is 4.40. The summed E-state index contributed by atoms with van der Waals surface area (Å²) in [5.74, 6) is 2.49. The minimum absolute atomic E-state index is 0.718. The van der Waals surface area contributed by atoms with Crippen LogP contribution in [0, 0.1) is 0 Å². The first-order valence-electron chi connectivity index (χ1n) is 6.26. The van der Waals surface area contributed by atoms with E-state index in [9.17, 15) is 0 Å². The van der Waals surface area contributed by atoms with Crippen LogP contribution in [0.15, 0.2) is 65.1 Å². The minimum Gasteiger partial charge on any atom is -0.497 e. The van der Waals surface area contributed by atoms with Gasteiger partial charge in [0.2, 0.25) is 0 Å². The Morgan fingerprint density at radius 3 is 1.75 bits per heavy atom. The van der Waals surface area contributed by atoms with Crippen molar-refractivity contribution in [2.24, 2.45) is 0 Å². The molecule has 2 aromatic carbocycles. The molecule has 0 aliphatic rings. The van der Waals surface area contributed by atoms with Crippen LogP contribution in [-0.2, 0) is 0 Å². The number of furan rings is 1. The molecule has 0 radical (unpaired) electrons. The standard InChI is InChI=1S/C17H13ClO2/c1-19-15-8-4-13(5-9-15)17-11-10-16(20-17)12-2-6-14(18)7-3-12/h2-11H,1H3.